The van der Waals surface area contributed by atoms with Crippen LogP contribution < -0.4 is 10.0 Å². The zero-order valence-corrected chi connectivity index (χ0v) is 12.7. The highest BCUT2D eigenvalue weighted by atomic mass is 32.2. The lowest BCUT2D eigenvalue weighted by Gasteiger charge is -2.13. The number of aromatic nitrogens is 1. The maximum Gasteiger partial charge on any atom is 0.214 e. The molecule has 0 aliphatic heterocycles. The molecule has 114 valence electrons. The van der Waals surface area contributed by atoms with Crippen molar-refractivity contribution in [1.29, 1.82) is 0 Å². The van der Waals surface area contributed by atoms with Crippen LogP contribution in [0.3, 0.4) is 0 Å². The maximum atomic E-state index is 11.7. The number of oxazole rings is 1. The van der Waals surface area contributed by atoms with Crippen LogP contribution in [0.4, 0.5) is 0 Å². The molecule has 0 unspecified atom stereocenters. The van der Waals surface area contributed by atoms with Crippen LogP contribution in [-0.4, -0.2) is 31.2 Å². The lowest BCUT2D eigenvalue weighted by atomic mass is 10.3. The first kappa shape index (κ1) is 14.5. The molecule has 2 aromatic rings. The molecule has 1 heterocycles. The summed E-state index contributed by atoms with van der Waals surface area (Å²) in [6.45, 7) is 2.78. The third-order valence-corrected chi connectivity index (χ3v) is 5.41. The third-order valence-electron chi connectivity index (χ3n) is 3.49. The molecule has 2 N–H and O–H groups in total. The fraction of sp³-hybridized carbons (Fsp3) is 0.500. The Morgan fingerprint density at radius 2 is 2.14 bits per heavy atom. The van der Waals surface area contributed by atoms with Crippen molar-refractivity contribution in [2.75, 3.05) is 6.54 Å². The molecule has 21 heavy (non-hydrogen) atoms. The summed E-state index contributed by atoms with van der Waals surface area (Å²) in [5.41, 5.74) is 1.59. The molecule has 1 fully saturated rings. The fourth-order valence-electron chi connectivity index (χ4n) is 2.07. The molecule has 7 heteroatoms. The molecule has 1 aliphatic carbocycles. The van der Waals surface area contributed by atoms with Crippen LogP contribution in [0.25, 0.3) is 11.1 Å². The van der Waals surface area contributed by atoms with Gasteiger partial charge in [0.15, 0.2) is 5.58 Å². The zero-order valence-electron chi connectivity index (χ0n) is 11.9. The summed E-state index contributed by atoms with van der Waals surface area (Å²) in [5.74, 6) is 0.605. The van der Waals surface area contributed by atoms with Crippen LogP contribution in [0.5, 0.6) is 0 Å². The monoisotopic (exact) mass is 309 g/mol. The van der Waals surface area contributed by atoms with Gasteiger partial charge in [0.1, 0.15) is 5.52 Å². The first-order valence-corrected chi connectivity index (χ1v) is 8.65. The Balaban J connectivity index is 1.50. The highest BCUT2D eigenvalue weighted by Crippen LogP contribution is 2.27. The lowest BCUT2D eigenvalue weighted by Crippen LogP contribution is -2.39. The van der Waals surface area contributed by atoms with Crippen LogP contribution in [0, 0.1) is 0 Å². The Hall–Kier alpha value is -1.44. The van der Waals surface area contributed by atoms with E-state index in [0.29, 0.717) is 19.0 Å². The summed E-state index contributed by atoms with van der Waals surface area (Å²) < 4.78 is 31.7. The molecule has 1 atom stereocenters. The van der Waals surface area contributed by atoms with E-state index in [2.05, 4.69) is 15.0 Å². The second kappa shape index (κ2) is 5.75. The number of nitrogens with one attached hydrogen (secondary N) is 2. The van der Waals surface area contributed by atoms with Gasteiger partial charge in [-0.1, -0.05) is 12.1 Å². The highest BCUT2D eigenvalue weighted by molar-refractivity contribution is 7.90. The molecule has 6 nitrogen and oxygen atoms in total. The number of para-hydroxylation sites is 2. The third kappa shape index (κ3) is 3.61. The number of benzene rings is 1. The summed E-state index contributed by atoms with van der Waals surface area (Å²) in [5, 5.41) is 3.03. The Kier molecular flexibility index (Phi) is 3.97. The summed E-state index contributed by atoms with van der Waals surface area (Å²) in [6.07, 6.45) is 1.56. The molecule has 3 rings (SSSR count). The predicted molar refractivity (Wildman–Crippen MR) is 80.3 cm³/mol. The van der Waals surface area contributed by atoms with E-state index in [9.17, 15) is 8.42 Å². The quantitative estimate of drug-likeness (QED) is 0.807. The molecule has 0 saturated heterocycles. The Morgan fingerprint density at radius 1 is 1.38 bits per heavy atom. The van der Waals surface area contributed by atoms with Gasteiger partial charge in [-0.15, -0.1) is 0 Å². The van der Waals surface area contributed by atoms with Crippen molar-refractivity contribution in [3.8, 4) is 0 Å². The maximum absolute atomic E-state index is 11.7. The first-order valence-electron chi connectivity index (χ1n) is 7.11. The van der Waals surface area contributed by atoms with E-state index >= 15 is 0 Å². The number of fused-ring (bicyclic) bond motifs is 1. The van der Waals surface area contributed by atoms with E-state index in [1.54, 1.807) is 0 Å². The standard InChI is InChI=1S/C14H19N3O3S/c1-10(8-16-21(18,19)11-6-7-11)15-9-14-17-12-4-2-3-5-13(12)20-14/h2-5,10-11,15-16H,6-9H2,1H3/t10-/m1/s1. The van der Waals surface area contributed by atoms with E-state index in [1.807, 2.05) is 31.2 Å². The number of rotatable bonds is 7. The van der Waals surface area contributed by atoms with Gasteiger partial charge in [-0.25, -0.2) is 18.1 Å². The van der Waals surface area contributed by atoms with Gasteiger partial charge in [-0.05, 0) is 31.9 Å². The SMILES string of the molecule is C[C@H](CNS(=O)(=O)C1CC1)NCc1nc2ccccc2o1. The lowest BCUT2D eigenvalue weighted by molar-refractivity contribution is 0.456. The Bertz CT molecular complexity index is 689. The van der Waals surface area contributed by atoms with Gasteiger partial charge in [0.2, 0.25) is 15.9 Å². The second-order valence-corrected chi connectivity index (χ2v) is 7.50. The Labute approximate surface area is 124 Å². The molecular formula is C14H19N3O3S. The summed E-state index contributed by atoms with van der Waals surface area (Å²) in [4.78, 5) is 4.36. The fourth-order valence-corrected chi connectivity index (χ4v) is 3.54. The van der Waals surface area contributed by atoms with Crippen molar-refractivity contribution < 1.29 is 12.8 Å². The minimum Gasteiger partial charge on any atom is -0.439 e. The average molecular weight is 309 g/mol. The van der Waals surface area contributed by atoms with Crippen LogP contribution >= 0.6 is 0 Å². The molecule has 0 spiro atoms. The summed E-state index contributed by atoms with van der Waals surface area (Å²) in [6, 6.07) is 7.60. The largest absolute Gasteiger partial charge is 0.439 e. The molecule has 1 aromatic heterocycles. The number of hydrogen-bond acceptors (Lipinski definition) is 5. The van der Waals surface area contributed by atoms with Crippen LogP contribution in [0.2, 0.25) is 0 Å². The molecule has 0 bridgehead atoms. The van der Waals surface area contributed by atoms with Gasteiger partial charge in [-0.3, -0.25) is 0 Å². The molecule has 0 radical (unpaired) electrons. The molecule has 0 amide bonds. The summed E-state index contributed by atoms with van der Waals surface area (Å²) in [7, 11) is -3.11. The summed E-state index contributed by atoms with van der Waals surface area (Å²) >= 11 is 0. The molecule has 1 aromatic carbocycles. The average Bonchev–Trinajstić information content (AvgIpc) is 3.24. The first-order chi connectivity index (χ1) is 10.0. The number of hydrogen-bond donors (Lipinski definition) is 2. The normalized spacial score (nSPS) is 17.2. The van der Waals surface area contributed by atoms with E-state index in [1.165, 1.54) is 0 Å². The van der Waals surface area contributed by atoms with Crippen molar-refractivity contribution in [3.05, 3.63) is 30.2 Å². The van der Waals surface area contributed by atoms with Gasteiger partial charge in [0, 0.05) is 12.6 Å². The van der Waals surface area contributed by atoms with Crippen molar-refractivity contribution in [2.45, 2.75) is 37.6 Å². The van der Waals surface area contributed by atoms with Gasteiger partial charge in [0.25, 0.3) is 0 Å². The van der Waals surface area contributed by atoms with E-state index in [0.717, 1.165) is 23.9 Å². The highest BCUT2D eigenvalue weighted by Gasteiger charge is 2.35. The van der Waals surface area contributed by atoms with Crippen molar-refractivity contribution in [3.63, 3.8) is 0 Å². The van der Waals surface area contributed by atoms with Gasteiger partial charge in [-0.2, -0.15) is 0 Å². The molecule has 1 saturated carbocycles. The van der Waals surface area contributed by atoms with Crippen LogP contribution in [-0.2, 0) is 16.6 Å². The zero-order chi connectivity index (χ0) is 14.9. The van der Waals surface area contributed by atoms with Crippen molar-refractivity contribution in [2.24, 2.45) is 0 Å². The smallest absolute Gasteiger partial charge is 0.214 e. The topological polar surface area (TPSA) is 84.2 Å². The van der Waals surface area contributed by atoms with E-state index < -0.39 is 10.0 Å². The number of sulfonamides is 1. The number of nitrogens with zero attached hydrogens (tertiary/aromatic N) is 1. The van der Waals surface area contributed by atoms with Gasteiger partial charge < -0.3 is 9.73 Å². The second-order valence-electron chi connectivity index (χ2n) is 5.45. The van der Waals surface area contributed by atoms with E-state index in [4.69, 9.17) is 4.42 Å². The minimum absolute atomic E-state index is 0.00790. The van der Waals surface area contributed by atoms with Crippen molar-refractivity contribution >= 4 is 21.1 Å². The predicted octanol–water partition coefficient (Wildman–Crippen LogP) is 1.39. The Morgan fingerprint density at radius 3 is 2.86 bits per heavy atom. The molecule has 1 aliphatic rings. The van der Waals surface area contributed by atoms with Gasteiger partial charge in [0.05, 0.1) is 11.8 Å². The molecular weight excluding hydrogens is 290 g/mol. The van der Waals surface area contributed by atoms with Crippen LogP contribution in [0.15, 0.2) is 28.7 Å². The van der Waals surface area contributed by atoms with Crippen molar-refractivity contribution in [1.82, 2.24) is 15.0 Å². The minimum atomic E-state index is -3.11. The van der Waals surface area contributed by atoms with Gasteiger partial charge >= 0.3 is 0 Å². The van der Waals surface area contributed by atoms with Crippen LogP contribution in [0.1, 0.15) is 25.7 Å². The van der Waals surface area contributed by atoms with E-state index in [-0.39, 0.29) is 11.3 Å².